The first-order valence-corrected chi connectivity index (χ1v) is 8.15. The summed E-state index contributed by atoms with van der Waals surface area (Å²) in [4.78, 5) is 28.5. The van der Waals surface area contributed by atoms with Crippen molar-refractivity contribution in [3.05, 3.63) is 47.9 Å². The van der Waals surface area contributed by atoms with Crippen molar-refractivity contribution in [1.29, 1.82) is 0 Å². The van der Waals surface area contributed by atoms with E-state index in [-0.39, 0.29) is 19.0 Å². The van der Waals surface area contributed by atoms with Crippen LogP contribution in [0.3, 0.4) is 0 Å². The number of anilines is 1. The second-order valence-electron chi connectivity index (χ2n) is 5.97. The number of nitrogens with two attached hydrogens (primary N) is 1. The molecule has 7 nitrogen and oxygen atoms in total. The summed E-state index contributed by atoms with van der Waals surface area (Å²) in [6, 6.07) is 7.98. The van der Waals surface area contributed by atoms with Gasteiger partial charge >= 0.3 is 6.09 Å². The molecule has 0 bridgehead atoms. The molecule has 2 amide bonds. The number of nitrogens with zero attached hydrogens (tertiary/aromatic N) is 2. The van der Waals surface area contributed by atoms with Crippen LogP contribution in [0.1, 0.15) is 12.5 Å². The molecule has 2 heterocycles. The number of amides is 2. The van der Waals surface area contributed by atoms with Crippen molar-refractivity contribution in [3.63, 3.8) is 0 Å². The molecule has 1 aliphatic heterocycles. The van der Waals surface area contributed by atoms with Gasteiger partial charge in [0.1, 0.15) is 11.9 Å². The van der Waals surface area contributed by atoms with Crippen molar-refractivity contribution in [3.8, 4) is 11.3 Å². The van der Waals surface area contributed by atoms with Gasteiger partial charge in [-0.2, -0.15) is 0 Å². The van der Waals surface area contributed by atoms with Gasteiger partial charge in [0.05, 0.1) is 24.5 Å². The molecule has 1 atom stereocenters. The molecule has 1 fully saturated rings. The summed E-state index contributed by atoms with van der Waals surface area (Å²) in [5.41, 5.74) is 7.60. The molecule has 136 valence electrons. The summed E-state index contributed by atoms with van der Waals surface area (Å²) in [6.45, 7) is 2.21. The van der Waals surface area contributed by atoms with Gasteiger partial charge in [0.25, 0.3) is 0 Å². The van der Waals surface area contributed by atoms with Crippen LogP contribution in [0.25, 0.3) is 11.3 Å². The molecule has 0 unspecified atom stereocenters. The Hall–Kier alpha value is -3.00. The number of carbonyl (C=O) groups excluding carboxylic acids is 2. The maximum absolute atomic E-state index is 14.5. The zero-order chi connectivity index (χ0) is 18.7. The fourth-order valence-electron chi connectivity index (χ4n) is 2.68. The van der Waals surface area contributed by atoms with Crippen molar-refractivity contribution < 1.29 is 18.7 Å². The van der Waals surface area contributed by atoms with Crippen LogP contribution in [0.4, 0.5) is 14.9 Å². The van der Waals surface area contributed by atoms with Crippen LogP contribution in [0, 0.1) is 5.82 Å². The van der Waals surface area contributed by atoms with Crippen molar-refractivity contribution in [1.82, 2.24) is 10.3 Å². The number of benzene rings is 1. The molecule has 2 aromatic rings. The van der Waals surface area contributed by atoms with Crippen molar-refractivity contribution in [2.45, 2.75) is 19.6 Å². The van der Waals surface area contributed by atoms with Crippen LogP contribution in [0.5, 0.6) is 0 Å². The molecule has 8 heteroatoms. The molecule has 1 aromatic heterocycles. The summed E-state index contributed by atoms with van der Waals surface area (Å²) >= 11 is 0. The summed E-state index contributed by atoms with van der Waals surface area (Å²) in [6.07, 6.45) is 0.560. The number of halogens is 1. The highest BCUT2D eigenvalue weighted by atomic mass is 19.1. The summed E-state index contributed by atoms with van der Waals surface area (Å²) in [5.74, 6) is -0.698. The third kappa shape index (κ3) is 3.80. The highest BCUT2D eigenvalue weighted by Gasteiger charge is 2.32. The van der Waals surface area contributed by atoms with E-state index in [1.54, 1.807) is 30.5 Å². The number of hydrogen-bond donors (Lipinski definition) is 2. The SMILES string of the molecule is CC(=O)NC[C@H]1CN(c2ccc(-c3ccc(CN)cn3)c(F)c2)C(=O)O1. The predicted octanol–water partition coefficient (Wildman–Crippen LogP) is 1.81. The molecule has 0 radical (unpaired) electrons. The summed E-state index contributed by atoms with van der Waals surface area (Å²) in [7, 11) is 0. The Bertz CT molecular complexity index is 826. The number of rotatable bonds is 5. The summed E-state index contributed by atoms with van der Waals surface area (Å²) in [5, 5.41) is 2.60. The van der Waals surface area contributed by atoms with Crippen LogP contribution >= 0.6 is 0 Å². The molecule has 1 aliphatic rings. The topological polar surface area (TPSA) is 97.5 Å². The number of cyclic esters (lactones) is 1. The van der Waals surface area contributed by atoms with Crippen LogP contribution in [0.15, 0.2) is 36.5 Å². The molecular weight excluding hydrogens is 339 g/mol. The van der Waals surface area contributed by atoms with Gasteiger partial charge in [0.2, 0.25) is 5.91 Å². The molecule has 3 rings (SSSR count). The van der Waals surface area contributed by atoms with Crippen LogP contribution in [-0.4, -0.2) is 36.2 Å². The normalized spacial score (nSPS) is 16.5. The van der Waals surface area contributed by atoms with Gasteiger partial charge in [-0.15, -0.1) is 0 Å². The molecule has 1 aromatic carbocycles. The average Bonchev–Trinajstić information content (AvgIpc) is 3.01. The van der Waals surface area contributed by atoms with Crippen molar-refractivity contribution in [2.75, 3.05) is 18.0 Å². The smallest absolute Gasteiger partial charge is 0.414 e. The number of ether oxygens (including phenoxy) is 1. The minimum absolute atomic E-state index is 0.206. The molecular formula is C18H19FN4O3. The Morgan fingerprint density at radius 3 is 2.85 bits per heavy atom. The Morgan fingerprint density at radius 2 is 2.23 bits per heavy atom. The molecule has 0 spiro atoms. The molecule has 3 N–H and O–H groups in total. The van der Waals surface area contributed by atoms with E-state index in [1.165, 1.54) is 17.9 Å². The number of pyridine rings is 1. The van der Waals surface area contributed by atoms with Gasteiger partial charge < -0.3 is 15.8 Å². The van der Waals surface area contributed by atoms with E-state index in [1.807, 2.05) is 0 Å². The van der Waals surface area contributed by atoms with E-state index < -0.39 is 18.0 Å². The minimum atomic E-state index is -0.571. The maximum atomic E-state index is 14.5. The highest BCUT2D eigenvalue weighted by molar-refractivity contribution is 5.90. The van der Waals surface area contributed by atoms with E-state index >= 15 is 0 Å². The lowest BCUT2D eigenvalue weighted by Gasteiger charge is -2.14. The van der Waals surface area contributed by atoms with Gasteiger partial charge in [-0.25, -0.2) is 9.18 Å². The molecule has 26 heavy (non-hydrogen) atoms. The van der Waals surface area contributed by atoms with Crippen LogP contribution in [0.2, 0.25) is 0 Å². The quantitative estimate of drug-likeness (QED) is 0.849. The highest BCUT2D eigenvalue weighted by Crippen LogP contribution is 2.28. The Balaban J connectivity index is 1.76. The zero-order valence-electron chi connectivity index (χ0n) is 14.2. The van der Waals surface area contributed by atoms with Gasteiger partial charge in [-0.05, 0) is 29.8 Å². The number of carbonyl (C=O) groups is 2. The predicted molar refractivity (Wildman–Crippen MR) is 93.8 cm³/mol. The lowest BCUT2D eigenvalue weighted by molar-refractivity contribution is -0.119. The average molecular weight is 358 g/mol. The Kier molecular flexibility index (Phi) is 5.13. The van der Waals surface area contributed by atoms with Gasteiger partial charge in [-0.1, -0.05) is 6.07 Å². The second-order valence-corrected chi connectivity index (χ2v) is 5.97. The van der Waals surface area contributed by atoms with E-state index in [2.05, 4.69) is 10.3 Å². The van der Waals surface area contributed by atoms with Crippen LogP contribution < -0.4 is 16.0 Å². The van der Waals surface area contributed by atoms with Gasteiger partial charge in [0, 0.05) is 25.2 Å². The first kappa shape index (κ1) is 17.8. The fraction of sp³-hybridized carbons (Fsp3) is 0.278. The maximum Gasteiger partial charge on any atom is 0.414 e. The second kappa shape index (κ2) is 7.49. The largest absolute Gasteiger partial charge is 0.442 e. The Morgan fingerprint density at radius 1 is 1.42 bits per heavy atom. The third-order valence-corrected chi connectivity index (χ3v) is 4.05. The van der Waals surface area contributed by atoms with E-state index in [9.17, 15) is 14.0 Å². The number of aromatic nitrogens is 1. The van der Waals surface area contributed by atoms with Crippen LogP contribution in [-0.2, 0) is 16.1 Å². The molecule has 0 aliphatic carbocycles. The monoisotopic (exact) mass is 358 g/mol. The standard InChI is InChI=1S/C18H19FN4O3/c1-11(24)21-9-14-10-23(18(25)26-14)13-3-4-15(16(19)6-13)17-5-2-12(7-20)8-22-17/h2-6,8,14H,7,9-10,20H2,1H3,(H,21,24)/t14-/m0/s1. The fourth-order valence-corrected chi connectivity index (χ4v) is 2.68. The Labute approximate surface area is 150 Å². The lowest BCUT2D eigenvalue weighted by Crippen LogP contribution is -2.33. The number of hydrogen-bond acceptors (Lipinski definition) is 5. The van der Waals surface area contributed by atoms with Gasteiger partial charge in [0.15, 0.2) is 0 Å². The van der Waals surface area contributed by atoms with Crippen molar-refractivity contribution >= 4 is 17.7 Å². The van der Waals surface area contributed by atoms with E-state index in [4.69, 9.17) is 10.5 Å². The van der Waals surface area contributed by atoms with E-state index in [0.717, 1.165) is 5.56 Å². The third-order valence-electron chi connectivity index (χ3n) is 4.05. The summed E-state index contributed by atoms with van der Waals surface area (Å²) < 4.78 is 19.7. The zero-order valence-corrected chi connectivity index (χ0v) is 14.2. The van der Waals surface area contributed by atoms with Gasteiger partial charge in [-0.3, -0.25) is 14.7 Å². The molecule has 1 saturated heterocycles. The molecule has 0 saturated carbocycles. The lowest BCUT2D eigenvalue weighted by atomic mass is 10.1. The van der Waals surface area contributed by atoms with Crippen molar-refractivity contribution in [2.24, 2.45) is 5.73 Å². The minimum Gasteiger partial charge on any atom is -0.442 e. The van der Waals surface area contributed by atoms with E-state index in [0.29, 0.717) is 23.5 Å². The first-order valence-electron chi connectivity index (χ1n) is 8.15. The first-order chi connectivity index (χ1) is 12.5. The number of nitrogens with one attached hydrogen (secondary N) is 1.